The SMILES string of the molecule is O=[N+]([O-])c1cncnc1OCc1ccccc1. The summed E-state index contributed by atoms with van der Waals surface area (Å²) in [4.78, 5) is 17.4. The van der Waals surface area contributed by atoms with Gasteiger partial charge >= 0.3 is 5.69 Å². The molecule has 6 nitrogen and oxygen atoms in total. The second-order valence-corrected chi connectivity index (χ2v) is 3.24. The zero-order valence-corrected chi connectivity index (χ0v) is 8.81. The molecule has 0 aliphatic heterocycles. The quantitative estimate of drug-likeness (QED) is 0.593. The highest BCUT2D eigenvalue weighted by molar-refractivity contribution is 5.37. The zero-order valence-electron chi connectivity index (χ0n) is 8.81. The molecule has 1 aromatic carbocycles. The van der Waals surface area contributed by atoms with Crippen LogP contribution in [0.3, 0.4) is 0 Å². The van der Waals surface area contributed by atoms with Gasteiger partial charge in [0.05, 0.1) is 4.92 Å². The first-order valence-corrected chi connectivity index (χ1v) is 4.88. The normalized spacial score (nSPS) is 9.88. The van der Waals surface area contributed by atoms with Crippen LogP contribution >= 0.6 is 0 Å². The van der Waals surface area contributed by atoms with Gasteiger partial charge in [-0.15, -0.1) is 0 Å². The van der Waals surface area contributed by atoms with Gasteiger partial charge in [0.25, 0.3) is 5.88 Å². The van der Waals surface area contributed by atoms with E-state index in [1.54, 1.807) is 0 Å². The van der Waals surface area contributed by atoms with E-state index in [4.69, 9.17) is 4.74 Å². The topological polar surface area (TPSA) is 78.2 Å². The Bertz CT molecular complexity index is 516. The molecule has 0 saturated heterocycles. The smallest absolute Gasteiger partial charge is 0.349 e. The van der Waals surface area contributed by atoms with E-state index in [1.807, 2.05) is 30.3 Å². The van der Waals surface area contributed by atoms with Gasteiger partial charge in [-0.1, -0.05) is 30.3 Å². The summed E-state index contributed by atoms with van der Waals surface area (Å²) in [5.41, 5.74) is 0.684. The van der Waals surface area contributed by atoms with Gasteiger partial charge in [0.15, 0.2) is 0 Å². The van der Waals surface area contributed by atoms with E-state index in [0.717, 1.165) is 11.8 Å². The van der Waals surface area contributed by atoms with E-state index in [1.165, 1.54) is 6.33 Å². The Labute approximate surface area is 97.1 Å². The maximum absolute atomic E-state index is 10.7. The van der Waals surface area contributed by atoms with Crippen LogP contribution in [0.5, 0.6) is 5.88 Å². The Morgan fingerprint density at radius 3 is 2.76 bits per heavy atom. The Hall–Kier alpha value is -2.50. The first-order chi connectivity index (χ1) is 8.27. The average Bonchev–Trinajstić information content (AvgIpc) is 2.38. The lowest BCUT2D eigenvalue weighted by Crippen LogP contribution is -2.01. The van der Waals surface area contributed by atoms with E-state index < -0.39 is 4.92 Å². The Morgan fingerprint density at radius 2 is 2.06 bits per heavy atom. The minimum atomic E-state index is -0.569. The summed E-state index contributed by atoms with van der Waals surface area (Å²) in [6.07, 6.45) is 2.33. The molecule has 17 heavy (non-hydrogen) atoms. The Kier molecular flexibility index (Phi) is 3.25. The van der Waals surface area contributed by atoms with Crippen LogP contribution in [0.2, 0.25) is 0 Å². The monoisotopic (exact) mass is 231 g/mol. The van der Waals surface area contributed by atoms with E-state index in [2.05, 4.69) is 9.97 Å². The highest BCUT2D eigenvalue weighted by Gasteiger charge is 2.16. The predicted octanol–water partition coefficient (Wildman–Crippen LogP) is 1.96. The number of aromatic nitrogens is 2. The molecule has 1 heterocycles. The van der Waals surface area contributed by atoms with Gasteiger partial charge in [-0.3, -0.25) is 10.1 Å². The fraction of sp³-hybridized carbons (Fsp3) is 0.0909. The summed E-state index contributed by atoms with van der Waals surface area (Å²) < 4.78 is 5.29. The van der Waals surface area contributed by atoms with Crippen molar-refractivity contribution in [2.45, 2.75) is 6.61 Å². The molecule has 0 unspecified atom stereocenters. The zero-order chi connectivity index (χ0) is 12.1. The van der Waals surface area contributed by atoms with Crippen molar-refractivity contribution < 1.29 is 9.66 Å². The third-order valence-corrected chi connectivity index (χ3v) is 2.07. The number of benzene rings is 1. The van der Waals surface area contributed by atoms with Gasteiger partial charge in [-0.2, -0.15) is 4.98 Å². The van der Waals surface area contributed by atoms with Crippen LogP contribution in [0.25, 0.3) is 0 Å². The maximum atomic E-state index is 10.7. The molecular formula is C11H9N3O3. The summed E-state index contributed by atoms with van der Waals surface area (Å²) in [5.74, 6) is -0.0196. The van der Waals surface area contributed by atoms with Gasteiger partial charge < -0.3 is 4.74 Å². The van der Waals surface area contributed by atoms with Crippen LogP contribution in [0.1, 0.15) is 5.56 Å². The van der Waals surface area contributed by atoms with Crippen LogP contribution in [-0.2, 0) is 6.61 Å². The van der Waals surface area contributed by atoms with E-state index in [-0.39, 0.29) is 18.2 Å². The molecule has 2 rings (SSSR count). The minimum Gasteiger partial charge on any atom is -0.468 e. The number of rotatable bonds is 4. The summed E-state index contributed by atoms with van der Waals surface area (Å²) in [5, 5.41) is 10.7. The molecule has 0 atom stereocenters. The second-order valence-electron chi connectivity index (χ2n) is 3.24. The molecular weight excluding hydrogens is 222 g/mol. The fourth-order valence-electron chi connectivity index (χ4n) is 1.27. The van der Waals surface area contributed by atoms with Crippen molar-refractivity contribution in [2.75, 3.05) is 0 Å². The molecule has 0 fully saturated rings. The van der Waals surface area contributed by atoms with E-state index in [9.17, 15) is 10.1 Å². The van der Waals surface area contributed by atoms with Crippen LogP contribution in [0.15, 0.2) is 42.9 Å². The van der Waals surface area contributed by atoms with Crippen LogP contribution in [0, 0.1) is 10.1 Å². The van der Waals surface area contributed by atoms with Crippen molar-refractivity contribution in [3.8, 4) is 5.88 Å². The van der Waals surface area contributed by atoms with Gasteiger partial charge in [-0.25, -0.2) is 4.98 Å². The van der Waals surface area contributed by atoms with E-state index in [0.29, 0.717) is 0 Å². The molecule has 1 aromatic heterocycles. The number of hydrogen-bond acceptors (Lipinski definition) is 5. The van der Waals surface area contributed by atoms with Crippen molar-refractivity contribution in [1.82, 2.24) is 9.97 Å². The van der Waals surface area contributed by atoms with Crippen LogP contribution in [-0.4, -0.2) is 14.9 Å². The largest absolute Gasteiger partial charge is 0.468 e. The first-order valence-electron chi connectivity index (χ1n) is 4.88. The Morgan fingerprint density at radius 1 is 1.29 bits per heavy atom. The first kappa shape index (κ1) is 11.0. The maximum Gasteiger partial charge on any atom is 0.349 e. The standard InChI is InChI=1S/C11H9N3O3/c15-14(16)10-6-12-8-13-11(10)17-7-9-4-2-1-3-5-9/h1-6,8H,7H2. The molecule has 0 radical (unpaired) electrons. The number of nitrogens with zero attached hydrogens (tertiary/aromatic N) is 3. The second kappa shape index (κ2) is 5.02. The molecule has 0 aliphatic carbocycles. The number of hydrogen-bond donors (Lipinski definition) is 0. The minimum absolute atomic E-state index is 0.0196. The van der Waals surface area contributed by atoms with Crippen molar-refractivity contribution in [3.05, 3.63) is 58.5 Å². The summed E-state index contributed by atoms with van der Waals surface area (Å²) in [6.45, 7) is 0.235. The molecule has 0 N–H and O–H groups in total. The van der Waals surface area contributed by atoms with E-state index >= 15 is 0 Å². The fourth-order valence-corrected chi connectivity index (χ4v) is 1.27. The summed E-state index contributed by atoms with van der Waals surface area (Å²) in [6, 6.07) is 9.36. The van der Waals surface area contributed by atoms with Crippen molar-refractivity contribution in [3.63, 3.8) is 0 Å². The molecule has 6 heteroatoms. The third-order valence-electron chi connectivity index (χ3n) is 2.07. The van der Waals surface area contributed by atoms with Gasteiger partial charge in [0.1, 0.15) is 19.1 Å². The predicted molar refractivity (Wildman–Crippen MR) is 59.5 cm³/mol. The lowest BCUT2D eigenvalue weighted by molar-refractivity contribution is -0.386. The van der Waals surface area contributed by atoms with Gasteiger partial charge in [-0.05, 0) is 5.56 Å². The molecule has 2 aromatic rings. The van der Waals surface area contributed by atoms with Crippen molar-refractivity contribution in [2.24, 2.45) is 0 Å². The highest BCUT2D eigenvalue weighted by atomic mass is 16.6. The van der Waals surface area contributed by atoms with Crippen molar-refractivity contribution >= 4 is 5.69 Å². The van der Waals surface area contributed by atoms with Gasteiger partial charge in [0, 0.05) is 0 Å². The summed E-state index contributed by atoms with van der Waals surface area (Å²) in [7, 11) is 0. The molecule has 86 valence electrons. The molecule has 0 spiro atoms. The lowest BCUT2D eigenvalue weighted by atomic mass is 10.2. The molecule has 0 aliphatic rings. The molecule has 0 bridgehead atoms. The highest BCUT2D eigenvalue weighted by Crippen LogP contribution is 2.22. The lowest BCUT2D eigenvalue weighted by Gasteiger charge is -2.04. The Balaban J connectivity index is 2.12. The number of ether oxygens (including phenoxy) is 1. The van der Waals surface area contributed by atoms with Crippen molar-refractivity contribution in [1.29, 1.82) is 0 Å². The van der Waals surface area contributed by atoms with Crippen LogP contribution in [0.4, 0.5) is 5.69 Å². The van der Waals surface area contributed by atoms with Crippen LogP contribution < -0.4 is 4.74 Å². The van der Waals surface area contributed by atoms with Gasteiger partial charge in [0.2, 0.25) is 0 Å². The third kappa shape index (κ3) is 2.75. The molecule has 0 saturated carbocycles. The molecule has 0 amide bonds. The average molecular weight is 231 g/mol. The summed E-state index contributed by atoms with van der Waals surface area (Å²) >= 11 is 0. The number of nitro groups is 1.